The van der Waals surface area contributed by atoms with Crippen molar-refractivity contribution in [2.75, 3.05) is 31.1 Å². The maximum absolute atomic E-state index is 12.7. The lowest BCUT2D eigenvalue weighted by Crippen LogP contribution is -2.39. The van der Waals surface area contributed by atoms with Gasteiger partial charge in [-0.1, -0.05) is 19.3 Å². The van der Waals surface area contributed by atoms with E-state index in [4.69, 9.17) is 5.73 Å². The van der Waals surface area contributed by atoms with Gasteiger partial charge in [-0.2, -0.15) is 0 Å². The zero-order valence-corrected chi connectivity index (χ0v) is 14.0. The van der Waals surface area contributed by atoms with E-state index in [0.29, 0.717) is 12.5 Å². The molecule has 0 aromatic carbocycles. The van der Waals surface area contributed by atoms with Gasteiger partial charge in [0.15, 0.2) is 0 Å². The Kier molecular flexibility index (Phi) is 5.33. The minimum atomic E-state index is -0.569. The Morgan fingerprint density at radius 3 is 2.62 bits per heavy atom. The van der Waals surface area contributed by atoms with Crippen molar-refractivity contribution in [1.82, 2.24) is 9.88 Å². The number of hydrogen-bond acceptors (Lipinski definition) is 4. The fourth-order valence-electron chi connectivity index (χ4n) is 3.66. The lowest BCUT2D eigenvalue weighted by Gasteiger charge is -2.28. The Hall–Kier alpha value is -2.11. The molecule has 0 atom stereocenters. The average molecular weight is 329 g/mol. The van der Waals surface area contributed by atoms with E-state index in [1.54, 1.807) is 6.07 Å². The molecule has 2 amide bonds. The van der Waals surface area contributed by atoms with Crippen LogP contribution >= 0.6 is 0 Å². The number of amides is 2. The standard InChI is InChI=1S/C18H25N4O2/c19-17(23)15-8-4-9-16(20-15)21-10-5-11-22(13-12-21)18(24)14-6-2-1-3-7-14/h4,9,14H,1-3,5-7,10-13H2,(H2,19,23). The second-order valence-electron chi connectivity index (χ2n) is 6.66. The number of nitrogens with zero attached hydrogens (tertiary/aromatic N) is 3. The first kappa shape index (κ1) is 16.7. The van der Waals surface area contributed by atoms with E-state index < -0.39 is 5.91 Å². The molecule has 1 aliphatic carbocycles. The van der Waals surface area contributed by atoms with E-state index in [2.05, 4.69) is 16.0 Å². The molecule has 129 valence electrons. The van der Waals surface area contributed by atoms with Crippen molar-refractivity contribution in [2.24, 2.45) is 11.7 Å². The highest BCUT2D eigenvalue weighted by molar-refractivity contribution is 5.90. The van der Waals surface area contributed by atoms with Crippen LogP contribution in [0, 0.1) is 12.0 Å². The van der Waals surface area contributed by atoms with Gasteiger partial charge in [-0.15, -0.1) is 0 Å². The number of nitrogens with two attached hydrogens (primary N) is 1. The van der Waals surface area contributed by atoms with Crippen LogP contribution in [0.2, 0.25) is 0 Å². The van der Waals surface area contributed by atoms with Crippen LogP contribution in [0.3, 0.4) is 0 Å². The molecule has 1 saturated heterocycles. The minimum absolute atomic E-state index is 0.159. The smallest absolute Gasteiger partial charge is 0.268 e. The number of carbonyl (C=O) groups excluding carboxylic acids is 2. The fourth-order valence-corrected chi connectivity index (χ4v) is 3.66. The summed E-state index contributed by atoms with van der Waals surface area (Å²) < 4.78 is 0. The van der Waals surface area contributed by atoms with Crippen LogP contribution in [-0.4, -0.2) is 47.9 Å². The molecule has 1 saturated carbocycles. The molecule has 0 spiro atoms. The Labute approximate surface area is 143 Å². The lowest BCUT2D eigenvalue weighted by atomic mass is 9.88. The number of primary amides is 1. The van der Waals surface area contributed by atoms with Gasteiger partial charge in [0.05, 0.1) is 0 Å². The van der Waals surface area contributed by atoms with E-state index in [1.807, 2.05) is 11.0 Å². The highest BCUT2D eigenvalue weighted by Crippen LogP contribution is 2.26. The van der Waals surface area contributed by atoms with Crippen LogP contribution in [0.5, 0.6) is 0 Å². The summed E-state index contributed by atoms with van der Waals surface area (Å²) in [5.74, 6) is 0.704. The zero-order chi connectivity index (χ0) is 16.9. The summed E-state index contributed by atoms with van der Waals surface area (Å²) in [4.78, 5) is 32.4. The van der Waals surface area contributed by atoms with Gasteiger partial charge in [-0.25, -0.2) is 4.98 Å². The van der Waals surface area contributed by atoms with E-state index in [9.17, 15) is 9.59 Å². The van der Waals surface area contributed by atoms with Crippen molar-refractivity contribution >= 4 is 17.6 Å². The molecule has 24 heavy (non-hydrogen) atoms. The summed E-state index contributed by atoms with van der Waals surface area (Å²) in [5, 5.41) is 0. The summed E-state index contributed by atoms with van der Waals surface area (Å²) in [6, 6.07) is 6.27. The first-order valence-electron chi connectivity index (χ1n) is 8.87. The van der Waals surface area contributed by atoms with Crippen molar-refractivity contribution in [1.29, 1.82) is 0 Å². The lowest BCUT2D eigenvalue weighted by molar-refractivity contribution is -0.136. The van der Waals surface area contributed by atoms with Gasteiger partial charge in [-0.05, 0) is 31.4 Å². The second kappa shape index (κ2) is 7.64. The van der Waals surface area contributed by atoms with Crippen molar-refractivity contribution in [3.63, 3.8) is 0 Å². The second-order valence-corrected chi connectivity index (χ2v) is 6.66. The Morgan fingerprint density at radius 1 is 1.08 bits per heavy atom. The molecule has 0 bridgehead atoms. The van der Waals surface area contributed by atoms with Crippen LogP contribution in [0.4, 0.5) is 5.82 Å². The Morgan fingerprint density at radius 2 is 1.88 bits per heavy atom. The summed E-state index contributed by atoms with van der Waals surface area (Å²) in [6.07, 6.45) is 6.60. The third kappa shape index (κ3) is 3.86. The molecule has 2 N–H and O–H groups in total. The largest absolute Gasteiger partial charge is 0.364 e. The number of carbonyl (C=O) groups is 2. The molecule has 2 fully saturated rings. The van der Waals surface area contributed by atoms with E-state index in [-0.39, 0.29) is 11.6 Å². The van der Waals surface area contributed by atoms with E-state index in [0.717, 1.165) is 44.7 Å². The summed E-state index contributed by atoms with van der Waals surface area (Å²) in [5.41, 5.74) is 5.44. The molecule has 6 nitrogen and oxygen atoms in total. The maximum Gasteiger partial charge on any atom is 0.268 e. The van der Waals surface area contributed by atoms with Crippen LogP contribution in [0.15, 0.2) is 12.1 Å². The zero-order valence-electron chi connectivity index (χ0n) is 14.0. The maximum atomic E-state index is 12.7. The summed E-state index contributed by atoms with van der Waals surface area (Å²) in [7, 11) is 0. The van der Waals surface area contributed by atoms with E-state index in [1.165, 1.54) is 19.3 Å². The number of hydrogen-bond donors (Lipinski definition) is 1. The molecule has 1 radical (unpaired) electrons. The minimum Gasteiger partial charge on any atom is -0.364 e. The molecule has 1 aromatic heterocycles. The number of pyridine rings is 1. The van der Waals surface area contributed by atoms with Gasteiger partial charge in [0, 0.05) is 38.2 Å². The molecule has 1 aromatic rings. The molecule has 6 heteroatoms. The Balaban J connectivity index is 1.63. The molecule has 3 rings (SSSR count). The molecule has 1 aliphatic heterocycles. The topological polar surface area (TPSA) is 79.5 Å². The van der Waals surface area contributed by atoms with Crippen LogP contribution < -0.4 is 10.6 Å². The van der Waals surface area contributed by atoms with Crippen LogP contribution in [-0.2, 0) is 4.79 Å². The predicted octanol–water partition coefficient (Wildman–Crippen LogP) is 1.60. The average Bonchev–Trinajstić information content (AvgIpc) is 2.88. The van der Waals surface area contributed by atoms with Gasteiger partial charge in [0.2, 0.25) is 5.91 Å². The normalized spacial score (nSPS) is 19.8. The van der Waals surface area contributed by atoms with Gasteiger partial charge in [0.25, 0.3) is 5.91 Å². The number of aromatic nitrogens is 1. The van der Waals surface area contributed by atoms with Crippen molar-refractivity contribution in [2.45, 2.75) is 38.5 Å². The molecule has 2 heterocycles. The number of rotatable bonds is 3. The van der Waals surface area contributed by atoms with Gasteiger partial charge in [0.1, 0.15) is 11.5 Å². The Bertz CT molecular complexity index is 598. The molecule has 2 aliphatic rings. The van der Waals surface area contributed by atoms with Gasteiger partial charge < -0.3 is 15.5 Å². The SMILES string of the molecule is NC(=O)c1[c]ccc(N2CCCN(C(=O)C3CCCCC3)CC2)n1. The molecular formula is C18H25N4O2. The van der Waals surface area contributed by atoms with Crippen molar-refractivity contribution in [3.05, 3.63) is 23.9 Å². The van der Waals surface area contributed by atoms with Crippen molar-refractivity contribution in [3.8, 4) is 0 Å². The highest BCUT2D eigenvalue weighted by atomic mass is 16.2. The predicted molar refractivity (Wildman–Crippen MR) is 91.6 cm³/mol. The van der Waals surface area contributed by atoms with Crippen molar-refractivity contribution < 1.29 is 9.59 Å². The van der Waals surface area contributed by atoms with Gasteiger partial charge in [-0.3, -0.25) is 9.59 Å². The van der Waals surface area contributed by atoms with E-state index >= 15 is 0 Å². The first-order valence-corrected chi connectivity index (χ1v) is 8.87. The van der Waals surface area contributed by atoms with Gasteiger partial charge >= 0.3 is 0 Å². The monoisotopic (exact) mass is 329 g/mol. The highest BCUT2D eigenvalue weighted by Gasteiger charge is 2.27. The summed E-state index contributed by atoms with van der Waals surface area (Å²) >= 11 is 0. The molecular weight excluding hydrogens is 304 g/mol. The number of anilines is 1. The van der Waals surface area contributed by atoms with Crippen LogP contribution in [0.1, 0.15) is 49.0 Å². The quantitative estimate of drug-likeness (QED) is 0.913. The fraction of sp³-hybridized carbons (Fsp3) is 0.611. The third-order valence-corrected chi connectivity index (χ3v) is 5.00. The molecule has 0 unspecified atom stereocenters. The first-order chi connectivity index (χ1) is 11.6. The van der Waals surface area contributed by atoms with Crippen LogP contribution in [0.25, 0.3) is 0 Å². The summed E-state index contributed by atoms with van der Waals surface area (Å²) in [6.45, 7) is 3.06. The third-order valence-electron chi connectivity index (χ3n) is 5.00.